The molecule has 1 fully saturated rings. The molecule has 0 bridgehead atoms. The van der Waals surface area contributed by atoms with Gasteiger partial charge in [-0.1, -0.05) is 72.0 Å². The summed E-state index contributed by atoms with van der Waals surface area (Å²) in [6.45, 7) is 5.71. The fourth-order valence-corrected chi connectivity index (χ4v) is 6.12. The number of carbonyl (C=O) groups excluding carboxylic acids is 1. The number of nitrogens with zero attached hydrogens (tertiary/aromatic N) is 4. The molecular formula is C31H30N4O4S. The summed E-state index contributed by atoms with van der Waals surface area (Å²) in [7, 11) is 2.11. The average Bonchev–Trinajstić information content (AvgIpc) is 3.58. The lowest BCUT2D eigenvalue weighted by atomic mass is 9.93. The van der Waals surface area contributed by atoms with E-state index in [2.05, 4.69) is 16.8 Å². The van der Waals surface area contributed by atoms with E-state index in [9.17, 15) is 9.59 Å². The maximum atomic E-state index is 14.0. The van der Waals surface area contributed by atoms with Crippen LogP contribution in [-0.4, -0.2) is 55.3 Å². The lowest BCUT2D eigenvalue weighted by molar-refractivity contribution is -0.138. The van der Waals surface area contributed by atoms with Gasteiger partial charge >= 0.3 is 5.97 Å². The number of benzene rings is 2. The third-order valence-electron chi connectivity index (χ3n) is 7.19. The Labute approximate surface area is 235 Å². The van der Waals surface area contributed by atoms with Crippen molar-refractivity contribution in [2.45, 2.75) is 13.0 Å². The molecule has 0 radical (unpaired) electrons. The minimum Gasteiger partial charge on any atom is -0.463 e. The number of aromatic nitrogens is 1. The van der Waals surface area contributed by atoms with E-state index in [1.54, 1.807) is 17.6 Å². The van der Waals surface area contributed by atoms with Crippen LogP contribution in [0.1, 0.15) is 29.9 Å². The van der Waals surface area contributed by atoms with Gasteiger partial charge < -0.3 is 19.0 Å². The fourth-order valence-electron chi connectivity index (χ4n) is 5.14. The van der Waals surface area contributed by atoms with Crippen LogP contribution in [-0.2, 0) is 9.53 Å². The van der Waals surface area contributed by atoms with Gasteiger partial charge in [0.25, 0.3) is 5.56 Å². The van der Waals surface area contributed by atoms with E-state index in [1.165, 1.54) is 11.3 Å². The van der Waals surface area contributed by atoms with Gasteiger partial charge in [0.2, 0.25) is 0 Å². The Morgan fingerprint density at radius 2 is 1.73 bits per heavy atom. The van der Waals surface area contributed by atoms with E-state index < -0.39 is 12.0 Å². The number of hydrogen-bond donors (Lipinski definition) is 0. The molecule has 2 aliphatic heterocycles. The first-order chi connectivity index (χ1) is 19.5. The van der Waals surface area contributed by atoms with Crippen LogP contribution in [0.25, 0.3) is 11.8 Å². The van der Waals surface area contributed by atoms with E-state index in [-0.39, 0.29) is 12.2 Å². The Morgan fingerprint density at radius 3 is 2.42 bits per heavy atom. The molecule has 0 saturated carbocycles. The first-order valence-electron chi connectivity index (χ1n) is 13.4. The summed E-state index contributed by atoms with van der Waals surface area (Å²) in [6, 6.07) is 22.3. The summed E-state index contributed by atoms with van der Waals surface area (Å²) in [4.78, 5) is 37.3. The zero-order chi connectivity index (χ0) is 27.6. The summed E-state index contributed by atoms with van der Waals surface area (Å²) in [5.41, 5.74) is 2.21. The van der Waals surface area contributed by atoms with E-state index in [0.29, 0.717) is 26.4 Å². The number of thiazole rings is 1. The van der Waals surface area contributed by atoms with Gasteiger partial charge in [0.15, 0.2) is 10.7 Å². The van der Waals surface area contributed by atoms with Gasteiger partial charge in [0, 0.05) is 43.9 Å². The van der Waals surface area contributed by atoms with Gasteiger partial charge in [-0.05, 0) is 25.6 Å². The second-order valence-electron chi connectivity index (χ2n) is 9.81. The number of esters is 1. The van der Waals surface area contributed by atoms with Crippen molar-refractivity contribution in [1.29, 1.82) is 0 Å². The molecular weight excluding hydrogens is 524 g/mol. The van der Waals surface area contributed by atoms with Crippen LogP contribution in [0.3, 0.4) is 0 Å². The van der Waals surface area contributed by atoms with Crippen molar-refractivity contribution in [2.24, 2.45) is 4.99 Å². The molecule has 0 aliphatic carbocycles. The molecule has 9 heteroatoms. The average molecular weight is 555 g/mol. The van der Waals surface area contributed by atoms with Crippen molar-refractivity contribution in [3.8, 4) is 0 Å². The zero-order valence-corrected chi connectivity index (χ0v) is 23.3. The van der Waals surface area contributed by atoms with Crippen molar-refractivity contribution in [2.75, 3.05) is 44.7 Å². The maximum Gasteiger partial charge on any atom is 0.338 e. The molecule has 1 atom stereocenters. The second-order valence-corrected chi connectivity index (χ2v) is 10.8. The van der Waals surface area contributed by atoms with Crippen molar-refractivity contribution in [3.63, 3.8) is 0 Å². The highest BCUT2D eigenvalue weighted by atomic mass is 32.1. The third-order valence-corrected chi connectivity index (χ3v) is 8.17. The molecule has 2 aromatic heterocycles. The summed E-state index contributed by atoms with van der Waals surface area (Å²) < 4.78 is 13.7. The SMILES string of the molecule is CCOC(=O)C1=C(c2ccccc2)N=c2s/c(=C\c3ccc(N4CCN(C)CC4)o3)c(=O)n2[C@H]1c1ccccc1. The fraction of sp³-hybridized carbons (Fsp3) is 0.258. The van der Waals surface area contributed by atoms with Crippen LogP contribution >= 0.6 is 11.3 Å². The zero-order valence-electron chi connectivity index (χ0n) is 22.4. The smallest absolute Gasteiger partial charge is 0.338 e. The van der Waals surface area contributed by atoms with Crippen molar-refractivity contribution < 1.29 is 13.9 Å². The molecule has 2 aromatic carbocycles. The summed E-state index contributed by atoms with van der Waals surface area (Å²) in [6.07, 6.45) is 1.77. The van der Waals surface area contributed by atoms with Crippen LogP contribution in [0.2, 0.25) is 0 Å². The first-order valence-corrected chi connectivity index (χ1v) is 14.2. The molecule has 8 nitrogen and oxygen atoms in total. The highest BCUT2D eigenvalue weighted by Crippen LogP contribution is 2.35. The standard InChI is InChI=1S/C31H30N4O4S/c1-3-38-30(37)26-27(21-10-6-4-7-11-21)32-31-35(28(26)22-12-8-5-9-13-22)29(36)24(40-31)20-23-14-15-25(39-23)34-18-16-33(2)17-19-34/h4-15,20,28H,3,16-19H2,1-2H3/b24-20-/t28-/m0/s1. The Balaban J connectivity index is 1.50. The molecule has 0 spiro atoms. The minimum atomic E-state index is -0.689. The predicted octanol–water partition coefficient (Wildman–Crippen LogP) is 3.28. The molecule has 40 heavy (non-hydrogen) atoms. The van der Waals surface area contributed by atoms with Crippen LogP contribution < -0.4 is 19.8 Å². The quantitative estimate of drug-likeness (QED) is 0.341. The third kappa shape index (κ3) is 4.94. The van der Waals surface area contributed by atoms with Gasteiger partial charge in [-0.2, -0.15) is 0 Å². The number of furan rings is 1. The van der Waals surface area contributed by atoms with Crippen LogP contribution in [0.4, 0.5) is 5.88 Å². The minimum absolute atomic E-state index is 0.213. The number of rotatable bonds is 6. The van der Waals surface area contributed by atoms with Crippen molar-refractivity contribution in [3.05, 3.63) is 115 Å². The molecule has 0 unspecified atom stereocenters. The number of hydrogen-bond acceptors (Lipinski definition) is 8. The summed E-state index contributed by atoms with van der Waals surface area (Å²) in [5, 5.41) is 0. The first kappa shape index (κ1) is 26.0. The topological polar surface area (TPSA) is 80.3 Å². The lowest BCUT2D eigenvalue weighted by Crippen LogP contribution is -2.44. The van der Waals surface area contributed by atoms with Crippen LogP contribution in [0, 0.1) is 0 Å². The normalized spacial score (nSPS) is 18.0. The van der Waals surface area contributed by atoms with E-state index in [0.717, 1.165) is 43.2 Å². The van der Waals surface area contributed by atoms with Gasteiger partial charge in [0.1, 0.15) is 5.76 Å². The van der Waals surface area contributed by atoms with Crippen molar-refractivity contribution >= 4 is 35.0 Å². The lowest BCUT2D eigenvalue weighted by Gasteiger charge is -2.32. The number of ether oxygens (including phenoxy) is 1. The molecule has 0 N–H and O–H groups in total. The van der Waals surface area contributed by atoms with Gasteiger partial charge in [-0.25, -0.2) is 9.79 Å². The van der Waals surface area contributed by atoms with E-state index >= 15 is 0 Å². The van der Waals surface area contributed by atoms with Gasteiger partial charge in [0.05, 0.1) is 28.5 Å². The van der Waals surface area contributed by atoms with Crippen LogP contribution in [0.15, 0.2) is 92.6 Å². The highest BCUT2D eigenvalue weighted by Gasteiger charge is 2.35. The van der Waals surface area contributed by atoms with Gasteiger partial charge in [-0.3, -0.25) is 9.36 Å². The van der Waals surface area contributed by atoms with Gasteiger partial charge in [-0.15, -0.1) is 0 Å². The van der Waals surface area contributed by atoms with E-state index in [4.69, 9.17) is 14.1 Å². The number of carbonyl (C=O) groups is 1. The Bertz CT molecular complexity index is 1730. The molecule has 2 aliphatic rings. The monoisotopic (exact) mass is 554 g/mol. The molecule has 4 heterocycles. The number of fused-ring (bicyclic) bond motifs is 1. The molecule has 4 aromatic rings. The second kappa shape index (κ2) is 11.1. The Kier molecular flexibility index (Phi) is 7.23. The number of likely N-dealkylation sites (N-methyl/N-ethyl adjacent to an activating group) is 1. The summed E-state index contributed by atoms with van der Waals surface area (Å²) in [5.74, 6) is 0.907. The predicted molar refractivity (Wildman–Crippen MR) is 156 cm³/mol. The number of anilines is 1. The molecule has 0 amide bonds. The Hall–Kier alpha value is -4.21. The largest absolute Gasteiger partial charge is 0.463 e. The maximum absolute atomic E-state index is 14.0. The Morgan fingerprint density at radius 1 is 1.02 bits per heavy atom. The van der Waals surface area contributed by atoms with Crippen LogP contribution in [0.5, 0.6) is 0 Å². The number of piperazine rings is 1. The summed E-state index contributed by atoms with van der Waals surface area (Å²) >= 11 is 1.29. The molecule has 6 rings (SSSR count). The molecule has 1 saturated heterocycles. The molecule has 204 valence electrons. The highest BCUT2D eigenvalue weighted by molar-refractivity contribution is 7.07. The van der Waals surface area contributed by atoms with Crippen molar-refractivity contribution in [1.82, 2.24) is 9.47 Å². The van der Waals surface area contributed by atoms with E-state index in [1.807, 2.05) is 72.8 Å².